The van der Waals surface area contributed by atoms with Crippen LogP contribution in [0.25, 0.3) is 0 Å². The quantitative estimate of drug-likeness (QED) is 0.755. The molecule has 0 aliphatic carbocycles. The van der Waals surface area contributed by atoms with Gasteiger partial charge in [-0.3, -0.25) is 4.21 Å². The Labute approximate surface area is 91.3 Å². The van der Waals surface area contributed by atoms with Gasteiger partial charge in [0.15, 0.2) is 0 Å². The second-order valence-electron chi connectivity index (χ2n) is 3.09. The number of rotatable bonds is 5. The van der Waals surface area contributed by atoms with E-state index in [1.165, 1.54) is 18.2 Å². The van der Waals surface area contributed by atoms with Gasteiger partial charge in [0.25, 0.3) is 0 Å². The predicted molar refractivity (Wildman–Crippen MR) is 62.9 cm³/mol. The molecule has 5 heteroatoms. The standard InChI is InChI=1S/C10H15FN2OS/c1-2-15(14)6-5-13-10-7-8(11)3-4-9(10)12/h3-4,7,13H,2,5-6,12H2,1H3. The fourth-order valence-corrected chi connectivity index (χ4v) is 1.74. The van der Waals surface area contributed by atoms with Gasteiger partial charge in [-0.2, -0.15) is 0 Å². The summed E-state index contributed by atoms with van der Waals surface area (Å²) in [6.45, 7) is 2.40. The van der Waals surface area contributed by atoms with Crippen LogP contribution in [0.1, 0.15) is 6.92 Å². The Bertz CT molecular complexity index is 357. The lowest BCUT2D eigenvalue weighted by Crippen LogP contribution is -2.13. The van der Waals surface area contributed by atoms with Crippen molar-refractivity contribution in [3.8, 4) is 0 Å². The Morgan fingerprint density at radius 3 is 2.93 bits per heavy atom. The second kappa shape index (κ2) is 5.70. The molecule has 0 bridgehead atoms. The van der Waals surface area contributed by atoms with Crippen LogP contribution < -0.4 is 11.1 Å². The van der Waals surface area contributed by atoms with Crippen molar-refractivity contribution in [1.29, 1.82) is 0 Å². The minimum absolute atomic E-state index is 0.330. The SMILES string of the molecule is CCS(=O)CCNc1cc(F)ccc1N. The molecular weight excluding hydrogens is 215 g/mol. The molecule has 1 aromatic rings. The van der Waals surface area contributed by atoms with Crippen LogP contribution in [0.5, 0.6) is 0 Å². The van der Waals surface area contributed by atoms with Gasteiger partial charge >= 0.3 is 0 Å². The minimum Gasteiger partial charge on any atom is -0.397 e. The Morgan fingerprint density at radius 2 is 2.27 bits per heavy atom. The first-order valence-corrected chi connectivity index (χ1v) is 6.26. The number of nitrogens with one attached hydrogen (secondary N) is 1. The zero-order valence-electron chi connectivity index (χ0n) is 8.63. The fourth-order valence-electron chi connectivity index (χ4n) is 1.13. The van der Waals surface area contributed by atoms with Gasteiger partial charge in [0.1, 0.15) is 5.82 Å². The van der Waals surface area contributed by atoms with Gasteiger partial charge in [0.05, 0.1) is 11.4 Å². The lowest BCUT2D eigenvalue weighted by Gasteiger charge is -2.08. The fraction of sp³-hybridized carbons (Fsp3) is 0.400. The van der Waals surface area contributed by atoms with E-state index in [2.05, 4.69) is 5.32 Å². The van der Waals surface area contributed by atoms with E-state index in [0.717, 1.165) is 0 Å². The lowest BCUT2D eigenvalue weighted by atomic mass is 10.2. The zero-order valence-corrected chi connectivity index (χ0v) is 9.44. The molecule has 0 radical (unpaired) electrons. The number of hydrogen-bond donors (Lipinski definition) is 2. The molecule has 1 aromatic carbocycles. The zero-order chi connectivity index (χ0) is 11.3. The van der Waals surface area contributed by atoms with Crippen molar-refractivity contribution in [3.05, 3.63) is 24.0 Å². The smallest absolute Gasteiger partial charge is 0.125 e. The van der Waals surface area contributed by atoms with Gasteiger partial charge in [-0.05, 0) is 18.2 Å². The molecule has 0 spiro atoms. The molecular formula is C10H15FN2OS. The van der Waals surface area contributed by atoms with Crippen LogP contribution in [-0.4, -0.2) is 22.3 Å². The average molecular weight is 230 g/mol. The molecule has 0 amide bonds. The molecule has 0 aromatic heterocycles. The predicted octanol–water partition coefficient (Wildman–Crippen LogP) is 1.59. The van der Waals surface area contributed by atoms with Crippen LogP contribution >= 0.6 is 0 Å². The number of anilines is 2. The third-order valence-electron chi connectivity index (χ3n) is 1.98. The summed E-state index contributed by atoms with van der Waals surface area (Å²) in [6.07, 6.45) is 0. The Hall–Kier alpha value is -1.10. The summed E-state index contributed by atoms with van der Waals surface area (Å²) in [5.41, 5.74) is 6.69. The summed E-state index contributed by atoms with van der Waals surface area (Å²) in [5.74, 6) is 0.857. The van der Waals surface area contributed by atoms with Gasteiger partial charge in [-0.25, -0.2) is 4.39 Å². The number of hydrogen-bond acceptors (Lipinski definition) is 3. The van der Waals surface area contributed by atoms with E-state index in [-0.39, 0.29) is 5.82 Å². The molecule has 0 aliphatic rings. The van der Waals surface area contributed by atoms with Crippen molar-refractivity contribution in [2.24, 2.45) is 0 Å². The highest BCUT2D eigenvalue weighted by molar-refractivity contribution is 7.84. The molecule has 0 saturated heterocycles. The Balaban J connectivity index is 2.50. The van der Waals surface area contributed by atoms with Crippen LogP contribution in [0.4, 0.5) is 15.8 Å². The maximum Gasteiger partial charge on any atom is 0.125 e. The van der Waals surface area contributed by atoms with Crippen molar-refractivity contribution in [3.63, 3.8) is 0 Å². The van der Waals surface area contributed by atoms with Gasteiger partial charge in [-0.15, -0.1) is 0 Å². The lowest BCUT2D eigenvalue weighted by molar-refractivity contribution is 0.628. The van der Waals surface area contributed by atoms with E-state index in [1.807, 2.05) is 6.92 Å². The summed E-state index contributed by atoms with van der Waals surface area (Å²) < 4.78 is 24.0. The first-order chi connectivity index (χ1) is 7.13. The molecule has 1 rings (SSSR count). The summed E-state index contributed by atoms with van der Waals surface area (Å²) in [5, 5.41) is 2.96. The third-order valence-corrected chi connectivity index (χ3v) is 3.29. The Kier molecular flexibility index (Phi) is 4.55. The first-order valence-electron chi connectivity index (χ1n) is 4.77. The van der Waals surface area contributed by atoms with E-state index in [4.69, 9.17) is 5.73 Å². The number of benzene rings is 1. The highest BCUT2D eigenvalue weighted by atomic mass is 32.2. The number of halogens is 1. The van der Waals surface area contributed by atoms with E-state index in [0.29, 0.717) is 29.4 Å². The molecule has 15 heavy (non-hydrogen) atoms. The number of nitrogens with two attached hydrogens (primary N) is 1. The molecule has 0 saturated carbocycles. The van der Waals surface area contributed by atoms with Crippen molar-refractivity contribution < 1.29 is 8.60 Å². The van der Waals surface area contributed by atoms with Crippen LogP contribution in [0, 0.1) is 5.82 Å². The van der Waals surface area contributed by atoms with Crippen molar-refractivity contribution in [2.45, 2.75) is 6.92 Å². The molecule has 3 N–H and O–H groups in total. The molecule has 1 atom stereocenters. The maximum absolute atomic E-state index is 12.8. The third kappa shape index (κ3) is 3.87. The monoisotopic (exact) mass is 230 g/mol. The van der Waals surface area contributed by atoms with Gasteiger partial charge in [0.2, 0.25) is 0 Å². The van der Waals surface area contributed by atoms with E-state index in [9.17, 15) is 8.60 Å². The van der Waals surface area contributed by atoms with E-state index < -0.39 is 10.8 Å². The molecule has 84 valence electrons. The molecule has 0 heterocycles. The van der Waals surface area contributed by atoms with Gasteiger partial charge in [-0.1, -0.05) is 6.92 Å². The Morgan fingerprint density at radius 1 is 1.53 bits per heavy atom. The topological polar surface area (TPSA) is 55.1 Å². The van der Waals surface area contributed by atoms with Gasteiger partial charge in [0, 0.05) is 28.9 Å². The summed E-state index contributed by atoms with van der Waals surface area (Å²) >= 11 is 0. The largest absolute Gasteiger partial charge is 0.397 e. The van der Waals surface area contributed by atoms with Crippen LogP contribution in [0.2, 0.25) is 0 Å². The molecule has 1 unspecified atom stereocenters. The molecule has 3 nitrogen and oxygen atoms in total. The normalized spacial score (nSPS) is 12.4. The maximum atomic E-state index is 12.8. The van der Waals surface area contributed by atoms with E-state index in [1.54, 1.807) is 0 Å². The van der Waals surface area contributed by atoms with Crippen molar-refractivity contribution in [1.82, 2.24) is 0 Å². The van der Waals surface area contributed by atoms with Crippen molar-refractivity contribution >= 4 is 22.2 Å². The van der Waals surface area contributed by atoms with Crippen LogP contribution in [0.3, 0.4) is 0 Å². The van der Waals surface area contributed by atoms with Crippen molar-refractivity contribution in [2.75, 3.05) is 29.1 Å². The van der Waals surface area contributed by atoms with Crippen LogP contribution in [0.15, 0.2) is 18.2 Å². The van der Waals surface area contributed by atoms with E-state index >= 15 is 0 Å². The summed E-state index contributed by atoms with van der Waals surface area (Å²) in [6, 6.07) is 4.16. The molecule has 0 fully saturated rings. The number of nitrogen functional groups attached to an aromatic ring is 1. The summed E-state index contributed by atoms with van der Waals surface area (Å²) in [4.78, 5) is 0. The highest BCUT2D eigenvalue weighted by Gasteiger charge is 2.01. The average Bonchev–Trinajstić information content (AvgIpc) is 2.23. The molecule has 0 aliphatic heterocycles. The summed E-state index contributed by atoms with van der Waals surface area (Å²) in [7, 11) is -0.810. The van der Waals surface area contributed by atoms with Gasteiger partial charge < -0.3 is 11.1 Å². The first kappa shape index (κ1) is 12.0. The highest BCUT2D eigenvalue weighted by Crippen LogP contribution is 2.18. The minimum atomic E-state index is -0.810. The van der Waals surface area contributed by atoms with Crippen LogP contribution in [-0.2, 0) is 10.8 Å². The second-order valence-corrected chi connectivity index (χ2v) is 4.96.